The first-order valence-corrected chi connectivity index (χ1v) is 10.0. The first-order chi connectivity index (χ1) is 13.0. The highest BCUT2D eigenvalue weighted by molar-refractivity contribution is 7.22. The van der Waals surface area contributed by atoms with Gasteiger partial charge < -0.3 is 14.4 Å². The Labute approximate surface area is 171 Å². The number of fused-ring (bicyclic) bond motifs is 1. The summed E-state index contributed by atoms with van der Waals surface area (Å²) in [5.74, 6) is 0.307. The van der Waals surface area contributed by atoms with E-state index in [0.29, 0.717) is 21.5 Å². The van der Waals surface area contributed by atoms with Crippen LogP contribution in [0.15, 0.2) is 36.4 Å². The number of hydrogen-bond donors (Lipinski definition) is 0. The Morgan fingerprint density at radius 2 is 1.93 bits per heavy atom. The molecule has 0 radical (unpaired) electrons. The van der Waals surface area contributed by atoms with E-state index in [-0.39, 0.29) is 6.61 Å². The quantitative estimate of drug-likeness (QED) is 0.373. The van der Waals surface area contributed by atoms with E-state index in [0.717, 1.165) is 28.4 Å². The molecular formula is C19H18Cl2N2O3S. The zero-order valence-corrected chi connectivity index (χ0v) is 17.2. The monoisotopic (exact) mass is 424 g/mol. The lowest BCUT2D eigenvalue weighted by molar-refractivity contribution is -0.136. The second-order valence-corrected chi connectivity index (χ2v) is 7.49. The Hall–Kier alpha value is -2.02. The second kappa shape index (κ2) is 8.78. The Kier molecular flexibility index (Phi) is 6.42. The van der Waals surface area contributed by atoms with Crippen LogP contribution >= 0.6 is 34.5 Å². The SMILES string of the molecule is CCN(CC)c1nc2ccc(OC(=O)COc3ccc(Cl)cc3Cl)cc2s1. The smallest absolute Gasteiger partial charge is 0.349 e. The van der Waals surface area contributed by atoms with E-state index in [1.54, 1.807) is 35.6 Å². The van der Waals surface area contributed by atoms with Gasteiger partial charge in [0.1, 0.15) is 11.5 Å². The zero-order valence-electron chi connectivity index (χ0n) is 14.9. The van der Waals surface area contributed by atoms with E-state index in [9.17, 15) is 4.79 Å². The van der Waals surface area contributed by atoms with Gasteiger partial charge in [-0.05, 0) is 44.2 Å². The highest BCUT2D eigenvalue weighted by atomic mass is 35.5. The van der Waals surface area contributed by atoms with E-state index < -0.39 is 5.97 Å². The topological polar surface area (TPSA) is 51.7 Å². The van der Waals surface area contributed by atoms with E-state index in [4.69, 9.17) is 32.7 Å². The van der Waals surface area contributed by atoms with Crippen molar-refractivity contribution in [2.24, 2.45) is 0 Å². The summed E-state index contributed by atoms with van der Waals surface area (Å²) in [4.78, 5) is 18.9. The predicted molar refractivity (Wildman–Crippen MR) is 111 cm³/mol. The Bertz CT molecular complexity index is 957. The first-order valence-electron chi connectivity index (χ1n) is 8.44. The van der Waals surface area contributed by atoms with Crippen molar-refractivity contribution in [3.05, 3.63) is 46.4 Å². The minimum absolute atomic E-state index is 0.257. The molecule has 0 saturated heterocycles. The lowest BCUT2D eigenvalue weighted by Gasteiger charge is -2.16. The molecule has 142 valence electrons. The van der Waals surface area contributed by atoms with Crippen LogP contribution < -0.4 is 14.4 Å². The summed E-state index contributed by atoms with van der Waals surface area (Å²) >= 11 is 13.4. The van der Waals surface area contributed by atoms with Crippen molar-refractivity contribution in [1.29, 1.82) is 0 Å². The second-order valence-electron chi connectivity index (χ2n) is 5.64. The van der Waals surface area contributed by atoms with E-state index in [2.05, 4.69) is 23.7 Å². The molecule has 0 aliphatic carbocycles. The number of halogens is 2. The third-order valence-electron chi connectivity index (χ3n) is 3.85. The number of hydrogen-bond acceptors (Lipinski definition) is 6. The molecule has 0 fully saturated rings. The van der Waals surface area contributed by atoms with Gasteiger partial charge in [-0.2, -0.15) is 0 Å². The summed E-state index contributed by atoms with van der Waals surface area (Å²) in [5, 5.41) is 1.79. The average Bonchev–Trinajstić information content (AvgIpc) is 3.05. The van der Waals surface area contributed by atoms with Gasteiger partial charge in [0.05, 0.1) is 15.2 Å². The summed E-state index contributed by atoms with van der Waals surface area (Å²) in [6.07, 6.45) is 0. The third kappa shape index (κ3) is 4.83. The number of ether oxygens (including phenoxy) is 2. The molecule has 2 aromatic carbocycles. The molecular weight excluding hydrogens is 407 g/mol. The van der Waals surface area contributed by atoms with Crippen LogP contribution in [-0.2, 0) is 4.79 Å². The van der Waals surface area contributed by atoms with Gasteiger partial charge in [-0.25, -0.2) is 9.78 Å². The fourth-order valence-electron chi connectivity index (χ4n) is 2.48. The van der Waals surface area contributed by atoms with Crippen LogP contribution in [0.1, 0.15) is 13.8 Å². The molecule has 0 saturated carbocycles. The van der Waals surface area contributed by atoms with Gasteiger partial charge in [-0.3, -0.25) is 0 Å². The van der Waals surface area contributed by atoms with Crippen LogP contribution in [0, 0.1) is 0 Å². The Morgan fingerprint density at radius 3 is 2.63 bits per heavy atom. The van der Waals surface area contributed by atoms with Gasteiger partial charge in [0.15, 0.2) is 11.7 Å². The molecule has 1 heterocycles. The number of carbonyl (C=O) groups is 1. The molecule has 0 bridgehead atoms. The molecule has 0 aliphatic rings. The standard InChI is InChI=1S/C19H18Cl2N2O3S/c1-3-23(4-2)19-22-15-7-6-13(10-17(15)27-19)26-18(24)11-25-16-8-5-12(20)9-14(16)21/h5-10H,3-4,11H2,1-2H3. The molecule has 0 aliphatic heterocycles. The summed E-state index contributed by atoms with van der Waals surface area (Å²) in [5.41, 5.74) is 0.880. The Morgan fingerprint density at radius 1 is 1.15 bits per heavy atom. The fraction of sp³-hybridized carbons (Fsp3) is 0.263. The van der Waals surface area contributed by atoms with Gasteiger partial charge in [-0.1, -0.05) is 34.5 Å². The number of nitrogens with zero attached hydrogens (tertiary/aromatic N) is 2. The molecule has 0 atom stereocenters. The summed E-state index contributed by atoms with van der Waals surface area (Å²) in [6.45, 7) is 5.71. The maximum atomic E-state index is 12.1. The van der Waals surface area contributed by atoms with Crippen molar-refractivity contribution in [2.75, 3.05) is 24.6 Å². The zero-order chi connectivity index (χ0) is 19.4. The van der Waals surface area contributed by atoms with Crippen molar-refractivity contribution < 1.29 is 14.3 Å². The minimum Gasteiger partial charge on any atom is -0.480 e. The van der Waals surface area contributed by atoms with Gasteiger partial charge in [0, 0.05) is 24.2 Å². The first kappa shape index (κ1) is 19.7. The highest BCUT2D eigenvalue weighted by Gasteiger charge is 2.12. The number of esters is 1. The lowest BCUT2D eigenvalue weighted by Crippen LogP contribution is -2.21. The van der Waals surface area contributed by atoms with Crippen molar-refractivity contribution >= 4 is 55.9 Å². The van der Waals surface area contributed by atoms with Crippen LogP contribution in [-0.4, -0.2) is 30.6 Å². The third-order valence-corrected chi connectivity index (χ3v) is 5.46. The number of anilines is 1. The molecule has 0 N–H and O–H groups in total. The molecule has 0 spiro atoms. The van der Waals surface area contributed by atoms with Crippen LogP contribution in [0.3, 0.4) is 0 Å². The summed E-state index contributed by atoms with van der Waals surface area (Å²) < 4.78 is 11.7. The van der Waals surface area contributed by atoms with Crippen LogP contribution in [0.25, 0.3) is 10.2 Å². The van der Waals surface area contributed by atoms with Crippen molar-refractivity contribution in [3.8, 4) is 11.5 Å². The summed E-state index contributed by atoms with van der Waals surface area (Å²) in [7, 11) is 0. The molecule has 27 heavy (non-hydrogen) atoms. The van der Waals surface area contributed by atoms with Gasteiger partial charge in [0.2, 0.25) is 0 Å². The van der Waals surface area contributed by atoms with Gasteiger partial charge >= 0.3 is 5.97 Å². The molecule has 3 rings (SSSR count). The molecule has 1 aromatic heterocycles. The van der Waals surface area contributed by atoms with Crippen LogP contribution in [0.4, 0.5) is 5.13 Å². The number of rotatable bonds is 7. The average molecular weight is 425 g/mol. The van der Waals surface area contributed by atoms with Crippen LogP contribution in [0.5, 0.6) is 11.5 Å². The molecule has 5 nitrogen and oxygen atoms in total. The molecule has 0 unspecified atom stereocenters. The fourth-order valence-corrected chi connectivity index (χ4v) is 4.06. The van der Waals surface area contributed by atoms with Crippen LogP contribution in [0.2, 0.25) is 10.0 Å². The molecule has 8 heteroatoms. The van der Waals surface area contributed by atoms with E-state index in [1.807, 2.05) is 12.1 Å². The largest absolute Gasteiger partial charge is 0.480 e. The predicted octanol–water partition coefficient (Wildman–Crippen LogP) is 5.43. The lowest BCUT2D eigenvalue weighted by atomic mass is 10.3. The number of benzene rings is 2. The maximum absolute atomic E-state index is 12.1. The highest BCUT2D eigenvalue weighted by Crippen LogP contribution is 2.31. The normalized spacial score (nSPS) is 10.8. The molecule has 3 aromatic rings. The van der Waals surface area contributed by atoms with Crippen molar-refractivity contribution in [2.45, 2.75) is 13.8 Å². The van der Waals surface area contributed by atoms with Crippen molar-refractivity contribution in [1.82, 2.24) is 4.98 Å². The molecule has 0 amide bonds. The Balaban J connectivity index is 1.65. The van der Waals surface area contributed by atoms with Gasteiger partial charge in [0.25, 0.3) is 0 Å². The summed E-state index contributed by atoms with van der Waals surface area (Å²) in [6, 6.07) is 10.2. The number of carbonyl (C=O) groups excluding carboxylic acids is 1. The minimum atomic E-state index is -0.520. The van der Waals surface area contributed by atoms with E-state index in [1.165, 1.54) is 0 Å². The number of thiazole rings is 1. The van der Waals surface area contributed by atoms with Crippen molar-refractivity contribution in [3.63, 3.8) is 0 Å². The number of aromatic nitrogens is 1. The maximum Gasteiger partial charge on any atom is 0.349 e. The van der Waals surface area contributed by atoms with E-state index >= 15 is 0 Å². The van der Waals surface area contributed by atoms with Gasteiger partial charge in [-0.15, -0.1) is 0 Å².